The van der Waals surface area contributed by atoms with Crippen molar-refractivity contribution < 1.29 is 0 Å². The van der Waals surface area contributed by atoms with Crippen LogP contribution in [-0.4, -0.2) is 39.7 Å². The molecule has 0 fully saturated rings. The van der Waals surface area contributed by atoms with Crippen molar-refractivity contribution in [3.63, 3.8) is 0 Å². The van der Waals surface area contributed by atoms with Crippen LogP contribution in [0.25, 0.3) is 0 Å². The highest BCUT2D eigenvalue weighted by Crippen LogP contribution is 2.10. The molecule has 2 heterocycles. The summed E-state index contributed by atoms with van der Waals surface area (Å²) in [5.74, 6) is 0.849. The van der Waals surface area contributed by atoms with Gasteiger partial charge in [-0.15, -0.1) is 11.3 Å². The van der Waals surface area contributed by atoms with E-state index in [4.69, 9.17) is 0 Å². The topological polar surface area (TPSA) is 58.3 Å². The van der Waals surface area contributed by atoms with E-state index < -0.39 is 0 Å². The molecular weight excluding hydrogens is 272 g/mol. The summed E-state index contributed by atoms with van der Waals surface area (Å²) in [4.78, 5) is 11.9. The average molecular weight is 292 g/mol. The number of thiazole rings is 1. The maximum atomic E-state index is 4.34. The Labute approximate surface area is 123 Å². The average Bonchev–Trinajstić information content (AvgIpc) is 2.99. The molecule has 0 aliphatic rings. The van der Waals surface area contributed by atoms with E-state index in [2.05, 4.69) is 32.2 Å². The molecule has 7 heteroatoms. The van der Waals surface area contributed by atoms with Crippen molar-refractivity contribution in [1.82, 2.24) is 25.0 Å². The van der Waals surface area contributed by atoms with Crippen LogP contribution < -0.4 is 5.32 Å². The number of nitrogens with zero attached hydrogens (tertiary/aromatic N) is 5. The van der Waals surface area contributed by atoms with Gasteiger partial charge in [-0.25, -0.2) is 4.98 Å². The number of aliphatic imine (C=N–C) groups is 1. The van der Waals surface area contributed by atoms with E-state index in [1.165, 1.54) is 4.88 Å². The Kier molecular flexibility index (Phi) is 4.73. The second kappa shape index (κ2) is 6.51. The van der Waals surface area contributed by atoms with Gasteiger partial charge >= 0.3 is 0 Å². The normalized spacial score (nSPS) is 11.7. The van der Waals surface area contributed by atoms with Crippen molar-refractivity contribution in [2.24, 2.45) is 12.0 Å². The molecule has 0 aromatic carbocycles. The quantitative estimate of drug-likeness (QED) is 0.683. The molecule has 0 saturated carbocycles. The van der Waals surface area contributed by atoms with Crippen LogP contribution in [-0.2, 0) is 20.1 Å². The summed E-state index contributed by atoms with van der Waals surface area (Å²) in [7, 11) is 5.71. The third-order valence-corrected chi connectivity index (χ3v) is 3.73. The molecule has 2 rings (SSSR count). The van der Waals surface area contributed by atoms with Gasteiger partial charge in [0.2, 0.25) is 0 Å². The Morgan fingerprint density at radius 2 is 2.30 bits per heavy atom. The molecule has 0 aliphatic heterocycles. The third-order valence-electron chi connectivity index (χ3n) is 2.82. The molecule has 20 heavy (non-hydrogen) atoms. The number of aromatic nitrogens is 3. The summed E-state index contributed by atoms with van der Waals surface area (Å²) in [6, 6.07) is 0. The first-order valence-electron chi connectivity index (χ1n) is 6.39. The lowest BCUT2D eigenvalue weighted by atomic mass is 10.3. The first-order chi connectivity index (χ1) is 9.58. The van der Waals surface area contributed by atoms with Gasteiger partial charge in [-0.05, 0) is 6.92 Å². The standard InChI is InChI=1S/C13H20N6S/c1-10-5-15-12(20-10)7-16-13(14-2)18(3)8-11-6-17-19(4)9-11/h5-6,9H,7-8H2,1-4H3,(H,14,16). The maximum Gasteiger partial charge on any atom is 0.194 e. The highest BCUT2D eigenvalue weighted by Gasteiger charge is 2.08. The number of rotatable bonds is 4. The van der Waals surface area contributed by atoms with Crippen molar-refractivity contribution in [2.75, 3.05) is 14.1 Å². The molecule has 0 atom stereocenters. The number of hydrogen-bond acceptors (Lipinski definition) is 4. The van der Waals surface area contributed by atoms with Crippen molar-refractivity contribution in [2.45, 2.75) is 20.0 Å². The highest BCUT2D eigenvalue weighted by atomic mass is 32.1. The van der Waals surface area contributed by atoms with Gasteiger partial charge in [0, 0.05) is 50.5 Å². The maximum absolute atomic E-state index is 4.34. The second-order valence-electron chi connectivity index (χ2n) is 4.64. The van der Waals surface area contributed by atoms with Gasteiger partial charge in [-0.1, -0.05) is 0 Å². The molecule has 0 spiro atoms. The lowest BCUT2D eigenvalue weighted by molar-refractivity contribution is 0.476. The third kappa shape index (κ3) is 3.80. The van der Waals surface area contributed by atoms with E-state index in [0.717, 1.165) is 23.1 Å². The summed E-state index contributed by atoms with van der Waals surface area (Å²) in [6.07, 6.45) is 5.77. The van der Waals surface area contributed by atoms with E-state index in [1.54, 1.807) is 23.1 Å². The summed E-state index contributed by atoms with van der Waals surface area (Å²) in [6.45, 7) is 3.53. The zero-order valence-corrected chi connectivity index (χ0v) is 13.1. The van der Waals surface area contributed by atoms with Gasteiger partial charge in [0.05, 0.1) is 12.7 Å². The molecule has 0 amide bonds. The molecule has 0 radical (unpaired) electrons. The van der Waals surface area contributed by atoms with Crippen LogP contribution in [0.2, 0.25) is 0 Å². The van der Waals surface area contributed by atoms with Crippen LogP contribution in [0.1, 0.15) is 15.4 Å². The fourth-order valence-electron chi connectivity index (χ4n) is 1.92. The van der Waals surface area contributed by atoms with Crippen LogP contribution in [0.15, 0.2) is 23.6 Å². The summed E-state index contributed by atoms with van der Waals surface area (Å²) >= 11 is 1.70. The van der Waals surface area contributed by atoms with Gasteiger partial charge in [0.25, 0.3) is 0 Å². The minimum Gasteiger partial charge on any atom is -0.350 e. The molecule has 2 aromatic heterocycles. The van der Waals surface area contributed by atoms with Crippen LogP contribution in [0.3, 0.4) is 0 Å². The first kappa shape index (κ1) is 14.5. The van der Waals surface area contributed by atoms with Gasteiger partial charge < -0.3 is 10.2 Å². The van der Waals surface area contributed by atoms with Crippen LogP contribution in [0.4, 0.5) is 0 Å². The lowest BCUT2D eigenvalue weighted by Gasteiger charge is -2.21. The zero-order valence-electron chi connectivity index (χ0n) is 12.3. The van der Waals surface area contributed by atoms with E-state index in [0.29, 0.717) is 6.54 Å². The highest BCUT2D eigenvalue weighted by molar-refractivity contribution is 7.11. The predicted molar refractivity (Wildman–Crippen MR) is 81.7 cm³/mol. The number of nitrogens with one attached hydrogen (secondary N) is 1. The summed E-state index contributed by atoms with van der Waals surface area (Å²) < 4.78 is 1.80. The lowest BCUT2D eigenvalue weighted by Crippen LogP contribution is -2.37. The van der Waals surface area contributed by atoms with Crippen molar-refractivity contribution in [1.29, 1.82) is 0 Å². The van der Waals surface area contributed by atoms with Crippen LogP contribution >= 0.6 is 11.3 Å². The minimum atomic E-state index is 0.697. The Morgan fingerprint density at radius 1 is 1.50 bits per heavy atom. The summed E-state index contributed by atoms with van der Waals surface area (Å²) in [5.41, 5.74) is 1.16. The number of hydrogen-bond donors (Lipinski definition) is 1. The Hall–Kier alpha value is -1.89. The SMILES string of the molecule is CN=C(NCc1ncc(C)s1)N(C)Cc1cnn(C)c1. The predicted octanol–water partition coefficient (Wildman–Crippen LogP) is 1.39. The largest absolute Gasteiger partial charge is 0.350 e. The number of guanidine groups is 1. The molecule has 6 nitrogen and oxygen atoms in total. The van der Waals surface area contributed by atoms with Crippen molar-refractivity contribution in [3.05, 3.63) is 34.0 Å². The number of aryl methyl sites for hydroxylation is 2. The molecule has 0 saturated heterocycles. The zero-order chi connectivity index (χ0) is 14.5. The van der Waals surface area contributed by atoms with Gasteiger partial charge in [0.15, 0.2) is 5.96 Å². The first-order valence-corrected chi connectivity index (χ1v) is 7.20. The fraction of sp³-hybridized carbons (Fsp3) is 0.462. The monoisotopic (exact) mass is 292 g/mol. The van der Waals surface area contributed by atoms with E-state index in [1.807, 2.05) is 32.7 Å². The molecule has 108 valence electrons. The Bertz CT molecular complexity index is 585. The van der Waals surface area contributed by atoms with Crippen LogP contribution in [0.5, 0.6) is 0 Å². The van der Waals surface area contributed by atoms with Gasteiger partial charge in [0.1, 0.15) is 5.01 Å². The Morgan fingerprint density at radius 3 is 2.85 bits per heavy atom. The van der Waals surface area contributed by atoms with Crippen molar-refractivity contribution >= 4 is 17.3 Å². The molecular formula is C13H20N6S. The van der Waals surface area contributed by atoms with Gasteiger partial charge in [-0.2, -0.15) is 5.10 Å². The van der Waals surface area contributed by atoms with E-state index in [-0.39, 0.29) is 0 Å². The summed E-state index contributed by atoms with van der Waals surface area (Å²) in [5, 5.41) is 8.56. The Balaban J connectivity index is 1.90. The smallest absolute Gasteiger partial charge is 0.194 e. The van der Waals surface area contributed by atoms with Crippen molar-refractivity contribution in [3.8, 4) is 0 Å². The van der Waals surface area contributed by atoms with E-state index in [9.17, 15) is 0 Å². The van der Waals surface area contributed by atoms with E-state index >= 15 is 0 Å². The van der Waals surface area contributed by atoms with Crippen LogP contribution in [0, 0.1) is 6.92 Å². The molecule has 2 aromatic rings. The molecule has 0 bridgehead atoms. The molecule has 1 N–H and O–H groups in total. The fourth-order valence-corrected chi connectivity index (χ4v) is 2.65. The minimum absolute atomic E-state index is 0.697. The molecule has 0 unspecified atom stereocenters. The second-order valence-corrected chi connectivity index (χ2v) is 5.96. The molecule has 0 aliphatic carbocycles. The van der Waals surface area contributed by atoms with Gasteiger partial charge in [-0.3, -0.25) is 9.67 Å².